The van der Waals surface area contributed by atoms with E-state index in [1.807, 2.05) is 0 Å². The van der Waals surface area contributed by atoms with Crippen molar-refractivity contribution in [3.05, 3.63) is 55.1 Å². The summed E-state index contributed by atoms with van der Waals surface area (Å²) in [7, 11) is 1.34. The number of esters is 1. The van der Waals surface area contributed by atoms with Gasteiger partial charge >= 0.3 is 5.97 Å². The van der Waals surface area contributed by atoms with Crippen molar-refractivity contribution in [2.75, 3.05) is 7.11 Å². The van der Waals surface area contributed by atoms with E-state index in [4.69, 9.17) is 11.6 Å². The zero-order valence-corrected chi connectivity index (χ0v) is 13.6. The van der Waals surface area contributed by atoms with Crippen LogP contribution < -0.4 is 0 Å². The molecular weight excluding hydrogens is 364 g/mol. The van der Waals surface area contributed by atoms with Gasteiger partial charge in [0.1, 0.15) is 0 Å². The molecule has 0 radical (unpaired) electrons. The van der Waals surface area contributed by atoms with Gasteiger partial charge in [0.15, 0.2) is 0 Å². The molecule has 1 heterocycles. The Bertz CT molecular complexity index is 666. The van der Waals surface area contributed by atoms with E-state index in [1.165, 1.54) is 18.4 Å². The minimum atomic E-state index is -0.322. The number of halogens is 2. The van der Waals surface area contributed by atoms with Gasteiger partial charge in [-0.1, -0.05) is 11.6 Å². The van der Waals surface area contributed by atoms with E-state index in [9.17, 15) is 9.59 Å². The molecular formula is C14H10BrClO3S. The molecule has 6 heteroatoms. The molecule has 0 unspecified atom stereocenters. The van der Waals surface area contributed by atoms with Crippen LogP contribution >= 0.6 is 38.9 Å². The number of carbonyl (C=O) groups excluding carboxylic acids is 2. The van der Waals surface area contributed by atoms with Crippen LogP contribution in [0.2, 0.25) is 5.02 Å². The van der Waals surface area contributed by atoms with Gasteiger partial charge in [-0.25, -0.2) is 0 Å². The molecule has 0 spiro atoms. The molecule has 0 saturated heterocycles. The molecule has 0 fully saturated rings. The third kappa shape index (κ3) is 3.48. The fourth-order valence-corrected chi connectivity index (χ4v) is 2.97. The summed E-state index contributed by atoms with van der Waals surface area (Å²) in [6.45, 7) is 0. The van der Waals surface area contributed by atoms with Crippen molar-refractivity contribution in [2.24, 2.45) is 0 Å². The zero-order chi connectivity index (χ0) is 14.7. The second kappa shape index (κ2) is 6.52. The predicted molar refractivity (Wildman–Crippen MR) is 82.6 cm³/mol. The van der Waals surface area contributed by atoms with Crippen molar-refractivity contribution in [1.82, 2.24) is 0 Å². The number of carbonyl (C=O) groups is 2. The molecule has 0 saturated carbocycles. The Hall–Kier alpha value is -1.17. The smallest absolute Gasteiger partial charge is 0.310 e. The van der Waals surface area contributed by atoms with Gasteiger partial charge in [0, 0.05) is 14.9 Å². The molecule has 1 aromatic carbocycles. The molecule has 1 aromatic heterocycles. The SMILES string of the molecule is COC(=O)Cc1ccc(C(=O)c2ccc(Br)c(Cl)c2)s1. The van der Waals surface area contributed by atoms with Gasteiger partial charge in [0.2, 0.25) is 5.78 Å². The number of ether oxygens (including phenoxy) is 1. The lowest BCUT2D eigenvalue weighted by Gasteiger charge is -2.01. The van der Waals surface area contributed by atoms with E-state index in [1.54, 1.807) is 30.3 Å². The van der Waals surface area contributed by atoms with Gasteiger partial charge < -0.3 is 4.74 Å². The number of hydrogen-bond donors (Lipinski definition) is 0. The molecule has 0 bridgehead atoms. The highest BCUT2D eigenvalue weighted by atomic mass is 79.9. The van der Waals surface area contributed by atoms with Crippen LogP contribution in [0.25, 0.3) is 0 Å². The lowest BCUT2D eigenvalue weighted by molar-refractivity contribution is -0.139. The summed E-state index contributed by atoms with van der Waals surface area (Å²) in [4.78, 5) is 24.9. The lowest BCUT2D eigenvalue weighted by Crippen LogP contribution is -2.02. The zero-order valence-electron chi connectivity index (χ0n) is 10.5. The van der Waals surface area contributed by atoms with Gasteiger partial charge in [-0.05, 0) is 46.3 Å². The third-order valence-corrected chi connectivity index (χ3v) is 4.93. The number of benzene rings is 1. The normalized spacial score (nSPS) is 10.3. The Morgan fingerprint density at radius 1 is 1.30 bits per heavy atom. The van der Waals surface area contributed by atoms with Crippen LogP contribution in [0.1, 0.15) is 20.1 Å². The monoisotopic (exact) mass is 372 g/mol. The van der Waals surface area contributed by atoms with Gasteiger partial charge in [0.25, 0.3) is 0 Å². The second-order valence-corrected chi connectivity index (χ2v) is 6.41. The average Bonchev–Trinajstić information content (AvgIpc) is 2.89. The highest BCUT2D eigenvalue weighted by Gasteiger charge is 2.14. The average molecular weight is 374 g/mol. The van der Waals surface area contributed by atoms with Gasteiger partial charge in [-0.15, -0.1) is 11.3 Å². The van der Waals surface area contributed by atoms with Crippen molar-refractivity contribution in [2.45, 2.75) is 6.42 Å². The number of hydrogen-bond acceptors (Lipinski definition) is 4. The molecule has 0 atom stereocenters. The van der Waals surface area contributed by atoms with Crippen molar-refractivity contribution in [1.29, 1.82) is 0 Å². The van der Waals surface area contributed by atoms with E-state index >= 15 is 0 Å². The first-order chi connectivity index (χ1) is 9.51. The van der Waals surface area contributed by atoms with E-state index < -0.39 is 0 Å². The lowest BCUT2D eigenvalue weighted by atomic mass is 10.1. The first-order valence-electron chi connectivity index (χ1n) is 5.66. The van der Waals surface area contributed by atoms with Crippen LogP contribution in [0, 0.1) is 0 Å². The second-order valence-electron chi connectivity index (χ2n) is 3.98. The molecule has 0 amide bonds. The maximum Gasteiger partial charge on any atom is 0.310 e. The number of rotatable bonds is 4. The number of thiophene rings is 1. The first-order valence-corrected chi connectivity index (χ1v) is 7.65. The molecule has 3 nitrogen and oxygen atoms in total. The number of ketones is 1. The Balaban J connectivity index is 2.21. The van der Waals surface area contributed by atoms with Gasteiger partial charge in [-0.2, -0.15) is 0 Å². The van der Waals surface area contributed by atoms with Crippen molar-refractivity contribution < 1.29 is 14.3 Å². The largest absolute Gasteiger partial charge is 0.469 e. The topological polar surface area (TPSA) is 43.4 Å². The van der Waals surface area contributed by atoms with E-state index in [-0.39, 0.29) is 18.2 Å². The Morgan fingerprint density at radius 3 is 2.70 bits per heavy atom. The summed E-state index contributed by atoms with van der Waals surface area (Å²) >= 11 is 10.5. The van der Waals surface area contributed by atoms with Crippen molar-refractivity contribution in [3.8, 4) is 0 Å². The molecule has 0 aliphatic heterocycles. The first kappa shape index (κ1) is 15.2. The molecule has 2 rings (SSSR count). The van der Waals surface area contributed by atoms with E-state index in [2.05, 4.69) is 20.7 Å². The molecule has 2 aromatic rings. The number of methoxy groups -OCH3 is 1. The summed E-state index contributed by atoms with van der Waals surface area (Å²) < 4.78 is 5.34. The quantitative estimate of drug-likeness (QED) is 0.598. The molecule has 0 N–H and O–H groups in total. The predicted octanol–water partition coefficient (Wildman–Crippen LogP) is 4.11. The van der Waals surface area contributed by atoms with Crippen LogP contribution in [0.5, 0.6) is 0 Å². The van der Waals surface area contributed by atoms with Crippen LogP contribution in [-0.4, -0.2) is 18.9 Å². The Kier molecular flexibility index (Phi) is 4.96. The Morgan fingerprint density at radius 2 is 2.05 bits per heavy atom. The summed E-state index contributed by atoms with van der Waals surface area (Å²) in [5, 5.41) is 0.488. The molecule has 104 valence electrons. The third-order valence-electron chi connectivity index (χ3n) is 2.61. The fraction of sp³-hybridized carbons (Fsp3) is 0.143. The van der Waals surface area contributed by atoms with Crippen molar-refractivity contribution in [3.63, 3.8) is 0 Å². The van der Waals surface area contributed by atoms with Crippen molar-refractivity contribution >= 4 is 50.6 Å². The highest BCUT2D eigenvalue weighted by Crippen LogP contribution is 2.26. The van der Waals surface area contributed by atoms with Gasteiger partial charge in [0.05, 0.1) is 23.4 Å². The van der Waals surface area contributed by atoms with Gasteiger partial charge in [-0.3, -0.25) is 9.59 Å². The van der Waals surface area contributed by atoms with E-state index in [0.717, 1.165) is 9.35 Å². The summed E-state index contributed by atoms with van der Waals surface area (Å²) in [5.41, 5.74) is 0.518. The van der Waals surface area contributed by atoms with Crippen LogP contribution in [-0.2, 0) is 16.0 Å². The maximum atomic E-state index is 12.3. The van der Waals surface area contributed by atoms with E-state index in [0.29, 0.717) is 15.5 Å². The van der Waals surface area contributed by atoms with Crippen LogP contribution in [0.15, 0.2) is 34.8 Å². The molecule has 0 aliphatic carbocycles. The van der Waals surface area contributed by atoms with Crippen LogP contribution in [0.3, 0.4) is 0 Å². The fourth-order valence-electron chi connectivity index (χ4n) is 1.59. The summed E-state index contributed by atoms with van der Waals surface area (Å²) in [5.74, 6) is -0.432. The minimum absolute atomic E-state index is 0.111. The minimum Gasteiger partial charge on any atom is -0.469 e. The highest BCUT2D eigenvalue weighted by molar-refractivity contribution is 9.10. The molecule has 0 aliphatic rings. The molecule has 20 heavy (non-hydrogen) atoms. The van der Waals surface area contributed by atoms with Crippen LogP contribution in [0.4, 0.5) is 0 Å². The standard InChI is InChI=1S/C14H10BrClO3S/c1-19-13(17)7-9-3-5-12(20-9)14(18)8-2-4-10(15)11(16)6-8/h2-6H,7H2,1H3. The Labute approximate surface area is 133 Å². The maximum absolute atomic E-state index is 12.3. The summed E-state index contributed by atoms with van der Waals surface area (Å²) in [6.07, 6.45) is 0.176. The summed E-state index contributed by atoms with van der Waals surface area (Å²) in [6, 6.07) is 8.53.